The van der Waals surface area contributed by atoms with Gasteiger partial charge in [-0.25, -0.2) is 4.79 Å². The number of rotatable bonds is 6. The van der Waals surface area contributed by atoms with Gasteiger partial charge >= 0.3 is 5.97 Å². The lowest BCUT2D eigenvalue weighted by Gasteiger charge is -2.11. The third-order valence-corrected chi connectivity index (χ3v) is 4.18. The number of benzene rings is 2. The van der Waals surface area contributed by atoms with E-state index in [0.29, 0.717) is 5.75 Å². The zero-order valence-electron chi connectivity index (χ0n) is 16.4. The Balaban J connectivity index is 1.95. The number of aromatic nitrogens is 2. The number of hydrogen-bond donors (Lipinski definition) is 2. The first-order chi connectivity index (χ1) is 14.1. The van der Waals surface area contributed by atoms with E-state index < -0.39 is 16.8 Å². The number of hydrogen-bond acceptors (Lipinski definition) is 6. The maximum absolute atomic E-state index is 12.6. The van der Waals surface area contributed by atoms with Crippen molar-refractivity contribution in [3.05, 3.63) is 75.1 Å². The summed E-state index contributed by atoms with van der Waals surface area (Å²) >= 11 is 0. The van der Waals surface area contributed by atoms with Gasteiger partial charge in [0.15, 0.2) is 0 Å². The SMILES string of the molecule is Cc1cc(C)cc(Oc2cc(NC(=O)c3c(C(=O)O)cnn3C)cc([N+](=O)[O-])c2)c1. The molecule has 1 aromatic heterocycles. The van der Waals surface area contributed by atoms with Crippen LogP contribution in [0.2, 0.25) is 0 Å². The Morgan fingerprint density at radius 2 is 1.73 bits per heavy atom. The van der Waals surface area contributed by atoms with Gasteiger partial charge in [0.2, 0.25) is 0 Å². The van der Waals surface area contributed by atoms with Gasteiger partial charge in [-0.2, -0.15) is 5.10 Å². The Labute approximate surface area is 170 Å². The molecule has 0 unspecified atom stereocenters. The monoisotopic (exact) mass is 410 g/mol. The van der Waals surface area contributed by atoms with Crippen LogP contribution in [0.25, 0.3) is 0 Å². The smallest absolute Gasteiger partial charge is 0.339 e. The molecule has 0 spiro atoms. The fraction of sp³-hybridized carbons (Fsp3) is 0.150. The number of aromatic carboxylic acids is 1. The van der Waals surface area contributed by atoms with Crippen LogP contribution in [0, 0.1) is 24.0 Å². The number of aryl methyl sites for hydroxylation is 3. The molecule has 2 aromatic carbocycles. The van der Waals surface area contributed by atoms with Gasteiger partial charge in [0.25, 0.3) is 11.6 Å². The first-order valence-corrected chi connectivity index (χ1v) is 8.76. The van der Waals surface area contributed by atoms with Crippen molar-refractivity contribution in [2.45, 2.75) is 13.8 Å². The lowest BCUT2D eigenvalue weighted by molar-refractivity contribution is -0.384. The second kappa shape index (κ2) is 8.03. The van der Waals surface area contributed by atoms with E-state index in [1.165, 1.54) is 19.2 Å². The standard InChI is InChI=1S/C20H18N4O6/c1-11-4-12(2)6-15(5-11)30-16-8-13(7-14(9-16)24(28)29)22-19(25)18-17(20(26)27)10-21-23(18)3/h4-10H,1-3H3,(H,22,25)(H,26,27). The topological polar surface area (TPSA) is 137 Å². The lowest BCUT2D eigenvalue weighted by atomic mass is 10.1. The largest absolute Gasteiger partial charge is 0.478 e. The molecule has 10 heteroatoms. The molecule has 0 aliphatic heterocycles. The molecule has 0 fully saturated rings. The fourth-order valence-corrected chi connectivity index (χ4v) is 3.00. The van der Waals surface area contributed by atoms with Crippen molar-refractivity contribution < 1.29 is 24.4 Å². The van der Waals surface area contributed by atoms with Gasteiger partial charge in [-0.3, -0.25) is 19.6 Å². The number of carbonyl (C=O) groups is 2. The molecule has 0 saturated heterocycles. The van der Waals surface area contributed by atoms with E-state index in [4.69, 9.17) is 4.74 Å². The molecule has 0 bridgehead atoms. The average Bonchev–Trinajstić information content (AvgIpc) is 3.02. The normalized spacial score (nSPS) is 10.5. The molecule has 1 amide bonds. The Kier molecular flexibility index (Phi) is 5.50. The fourth-order valence-electron chi connectivity index (χ4n) is 3.00. The van der Waals surface area contributed by atoms with Crippen LogP contribution in [0.1, 0.15) is 32.0 Å². The molecule has 0 saturated carbocycles. The highest BCUT2D eigenvalue weighted by molar-refractivity contribution is 6.09. The first kappa shape index (κ1) is 20.5. The highest BCUT2D eigenvalue weighted by Crippen LogP contribution is 2.31. The Morgan fingerprint density at radius 3 is 2.33 bits per heavy atom. The minimum absolute atomic E-state index is 0.0751. The number of carbonyl (C=O) groups excluding carboxylic acids is 1. The van der Waals surface area contributed by atoms with Crippen LogP contribution in [-0.4, -0.2) is 31.7 Å². The van der Waals surface area contributed by atoms with Crippen molar-refractivity contribution in [2.75, 3.05) is 5.32 Å². The van der Waals surface area contributed by atoms with Crippen LogP contribution < -0.4 is 10.1 Å². The predicted octanol–water partition coefficient (Wildman–Crippen LogP) is 3.69. The zero-order valence-corrected chi connectivity index (χ0v) is 16.4. The molecule has 10 nitrogen and oxygen atoms in total. The highest BCUT2D eigenvalue weighted by Gasteiger charge is 2.22. The van der Waals surface area contributed by atoms with Gasteiger partial charge in [-0.15, -0.1) is 0 Å². The van der Waals surface area contributed by atoms with Crippen LogP contribution >= 0.6 is 0 Å². The number of anilines is 1. The molecule has 154 valence electrons. The van der Waals surface area contributed by atoms with Gasteiger partial charge in [-0.05, 0) is 37.1 Å². The van der Waals surface area contributed by atoms with E-state index in [2.05, 4.69) is 10.4 Å². The Hall–Kier alpha value is -4.21. The van der Waals surface area contributed by atoms with Gasteiger partial charge in [0.05, 0.1) is 22.9 Å². The van der Waals surface area contributed by atoms with E-state index >= 15 is 0 Å². The van der Waals surface area contributed by atoms with Gasteiger partial charge in [-0.1, -0.05) is 6.07 Å². The molecule has 0 aliphatic rings. The number of amides is 1. The van der Waals surface area contributed by atoms with Crippen molar-refractivity contribution >= 4 is 23.3 Å². The molecule has 2 N–H and O–H groups in total. The number of carboxylic acid groups (broad SMARTS) is 1. The zero-order chi connectivity index (χ0) is 22.0. The van der Waals surface area contributed by atoms with Crippen LogP contribution in [0.3, 0.4) is 0 Å². The summed E-state index contributed by atoms with van der Waals surface area (Å²) in [6, 6.07) is 9.32. The summed E-state index contributed by atoms with van der Waals surface area (Å²) < 4.78 is 6.88. The molecule has 0 radical (unpaired) electrons. The van der Waals surface area contributed by atoms with E-state index in [1.807, 2.05) is 19.9 Å². The predicted molar refractivity (Wildman–Crippen MR) is 107 cm³/mol. The van der Waals surface area contributed by atoms with Crippen LogP contribution in [0.5, 0.6) is 11.5 Å². The Morgan fingerprint density at radius 1 is 1.10 bits per heavy atom. The summed E-state index contributed by atoms with van der Waals surface area (Å²) in [5, 5.41) is 26.8. The maximum Gasteiger partial charge on any atom is 0.339 e. The van der Waals surface area contributed by atoms with E-state index in [-0.39, 0.29) is 28.4 Å². The number of nitrogens with zero attached hydrogens (tertiary/aromatic N) is 3. The van der Waals surface area contributed by atoms with Crippen molar-refractivity contribution in [1.29, 1.82) is 0 Å². The van der Waals surface area contributed by atoms with Gasteiger partial charge in [0, 0.05) is 19.2 Å². The molecule has 30 heavy (non-hydrogen) atoms. The number of nitrogens with one attached hydrogen (secondary N) is 1. The number of nitro groups is 1. The summed E-state index contributed by atoms with van der Waals surface area (Å²) in [4.78, 5) is 34.6. The quantitative estimate of drug-likeness (QED) is 0.467. The van der Waals surface area contributed by atoms with Crippen LogP contribution in [0.15, 0.2) is 42.6 Å². The second-order valence-corrected chi connectivity index (χ2v) is 6.69. The van der Waals surface area contributed by atoms with Crippen molar-refractivity contribution in [2.24, 2.45) is 7.05 Å². The van der Waals surface area contributed by atoms with Gasteiger partial charge < -0.3 is 15.2 Å². The summed E-state index contributed by atoms with van der Waals surface area (Å²) in [6.07, 6.45) is 1.05. The Bertz CT molecular complexity index is 1150. The number of ether oxygens (including phenoxy) is 1. The minimum Gasteiger partial charge on any atom is -0.478 e. The molecule has 0 aliphatic carbocycles. The summed E-state index contributed by atoms with van der Waals surface area (Å²) in [7, 11) is 1.42. The number of non-ortho nitro benzene ring substituents is 1. The molecule has 3 rings (SSSR count). The van der Waals surface area contributed by atoms with E-state index in [0.717, 1.165) is 28.1 Å². The molecular weight excluding hydrogens is 392 g/mol. The number of carboxylic acids is 1. The first-order valence-electron chi connectivity index (χ1n) is 8.76. The van der Waals surface area contributed by atoms with E-state index in [1.54, 1.807) is 12.1 Å². The van der Waals surface area contributed by atoms with Crippen molar-refractivity contribution in [3.8, 4) is 11.5 Å². The van der Waals surface area contributed by atoms with Crippen molar-refractivity contribution in [3.63, 3.8) is 0 Å². The third-order valence-electron chi connectivity index (χ3n) is 4.18. The van der Waals surface area contributed by atoms with Crippen LogP contribution in [0.4, 0.5) is 11.4 Å². The summed E-state index contributed by atoms with van der Waals surface area (Å²) in [5.41, 5.74) is 1.22. The third kappa shape index (κ3) is 4.43. The number of nitro benzene ring substituents is 1. The van der Waals surface area contributed by atoms with Gasteiger partial charge in [0.1, 0.15) is 22.8 Å². The summed E-state index contributed by atoms with van der Waals surface area (Å²) in [6.45, 7) is 3.79. The lowest BCUT2D eigenvalue weighted by Crippen LogP contribution is -2.19. The molecule has 3 aromatic rings. The molecule has 0 atom stereocenters. The van der Waals surface area contributed by atoms with Crippen LogP contribution in [-0.2, 0) is 7.05 Å². The molecular formula is C20H18N4O6. The highest BCUT2D eigenvalue weighted by atomic mass is 16.6. The van der Waals surface area contributed by atoms with Crippen molar-refractivity contribution in [1.82, 2.24) is 9.78 Å². The summed E-state index contributed by atoms with van der Waals surface area (Å²) in [5.74, 6) is -1.45. The van der Waals surface area contributed by atoms with E-state index in [9.17, 15) is 24.8 Å². The second-order valence-electron chi connectivity index (χ2n) is 6.69. The minimum atomic E-state index is -1.31. The maximum atomic E-state index is 12.6. The molecule has 1 heterocycles. The average molecular weight is 410 g/mol.